The van der Waals surface area contributed by atoms with Gasteiger partial charge in [0, 0.05) is 25.4 Å². The van der Waals surface area contributed by atoms with Crippen molar-refractivity contribution in [2.45, 2.75) is 37.7 Å². The van der Waals surface area contributed by atoms with Crippen molar-refractivity contribution in [1.29, 1.82) is 0 Å². The van der Waals surface area contributed by atoms with E-state index in [1.807, 2.05) is 26.8 Å². The minimum atomic E-state index is -3.50. The third-order valence-electron chi connectivity index (χ3n) is 3.32. The SMILES string of the molecule is CCOC(C)(C)CNS(=O)(=O)c1ccc2c(c1)NCC2. The monoisotopic (exact) mass is 298 g/mol. The summed E-state index contributed by atoms with van der Waals surface area (Å²) in [5.41, 5.74) is 1.56. The summed E-state index contributed by atoms with van der Waals surface area (Å²) in [6.07, 6.45) is 0.945. The predicted octanol–water partition coefficient (Wildman–Crippen LogP) is 1.75. The van der Waals surface area contributed by atoms with Crippen LogP contribution in [0.4, 0.5) is 5.69 Å². The second-order valence-corrected chi connectivity index (χ2v) is 7.28. The van der Waals surface area contributed by atoms with E-state index in [4.69, 9.17) is 4.74 Å². The number of anilines is 1. The summed E-state index contributed by atoms with van der Waals surface area (Å²) in [6, 6.07) is 5.22. The van der Waals surface area contributed by atoms with E-state index in [1.165, 1.54) is 5.56 Å². The third kappa shape index (κ3) is 3.50. The van der Waals surface area contributed by atoms with Gasteiger partial charge >= 0.3 is 0 Å². The van der Waals surface area contributed by atoms with Gasteiger partial charge < -0.3 is 10.1 Å². The van der Waals surface area contributed by atoms with Crippen molar-refractivity contribution >= 4 is 15.7 Å². The average Bonchev–Trinajstić information content (AvgIpc) is 2.84. The highest BCUT2D eigenvalue weighted by atomic mass is 32.2. The number of hydrogen-bond donors (Lipinski definition) is 2. The van der Waals surface area contributed by atoms with E-state index in [-0.39, 0.29) is 11.4 Å². The van der Waals surface area contributed by atoms with Gasteiger partial charge in [-0.3, -0.25) is 0 Å². The van der Waals surface area contributed by atoms with Crippen LogP contribution < -0.4 is 10.0 Å². The first-order chi connectivity index (χ1) is 9.34. The first-order valence-electron chi connectivity index (χ1n) is 6.84. The molecule has 0 radical (unpaired) electrons. The van der Waals surface area contributed by atoms with Crippen LogP contribution in [0.5, 0.6) is 0 Å². The van der Waals surface area contributed by atoms with Crippen LogP contribution in [0.25, 0.3) is 0 Å². The molecule has 2 rings (SSSR count). The molecule has 0 fully saturated rings. The van der Waals surface area contributed by atoms with Crippen molar-refractivity contribution in [3.63, 3.8) is 0 Å². The van der Waals surface area contributed by atoms with Gasteiger partial charge in [-0.05, 0) is 44.9 Å². The van der Waals surface area contributed by atoms with Gasteiger partial charge in [0.15, 0.2) is 0 Å². The van der Waals surface area contributed by atoms with E-state index in [0.29, 0.717) is 6.61 Å². The van der Waals surface area contributed by atoms with Crippen LogP contribution in [0.3, 0.4) is 0 Å². The maximum absolute atomic E-state index is 12.3. The molecule has 2 N–H and O–H groups in total. The summed E-state index contributed by atoms with van der Waals surface area (Å²) in [7, 11) is -3.50. The van der Waals surface area contributed by atoms with Gasteiger partial charge in [-0.1, -0.05) is 6.07 Å². The van der Waals surface area contributed by atoms with Crippen molar-refractivity contribution < 1.29 is 13.2 Å². The Kier molecular flexibility index (Phi) is 4.36. The van der Waals surface area contributed by atoms with E-state index >= 15 is 0 Å². The zero-order valence-electron chi connectivity index (χ0n) is 12.2. The maximum Gasteiger partial charge on any atom is 0.240 e. The Bertz CT molecular complexity index is 582. The topological polar surface area (TPSA) is 67.4 Å². The van der Waals surface area contributed by atoms with Gasteiger partial charge in [0.1, 0.15) is 0 Å². The first kappa shape index (κ1) is 15.3. The Morgan fingerprint density at radius 2 is 2.15 bits per heavy atom. The molecule has 20 heavy (non-hydrogen) atoms. The molecule has 0 amide bonds. The molecule has 1 aliphatic rings. The lowest BCUT2D eigenvalue weighted by Crippen LogP contribution is -2.40. The maximum atomic E-state index is 12.3. The van der Waals surface area contributed by atoms with Crippen LogP contribution >= 0.6 is 0 Å². The fraction of sp³-hybridized carbons (Fsp3) is 0.571. The average molecular weight is 298 g/mol. The Morgan fingerprint density at radius 3 is 2.85 bits per heavy atom. The van der Waals surface area contributed by atoms with E-state index in [1.54, 1.807) is 12.1 Å². The minimum Gasteiger partial charge on any atom is -0.384 e. The standard InChI is InChI=1S/C14H22N2O3S/c1-4-19-14(2,3)10-16-20(17,18)12-6-5-11-7-8-15-13(11)9-12/h5-6,9,15-16H,4,7-8,10H2,1-3H3. The normalized spacial score (nSPS) is 14.9. The summed E-state index contributed by atoms with van der Waals surface area (Å²) >= 11 is 0. The molecule has 0 aliphatic carbocycles. The molecular weight excluding hydrogens is 276 g/mol. The molecule has 1 heterocycles. The van der Waals surface area contributed by atoms with Crippen molar-refractivity contribution in [2.75, 3.05) is 25.0 Å². The Labute approximate surface area is 120 Å². The molecule has 0 atom stereocenters. The zero-order chi connectivity index (χ0) is 14.8. The molecule has 0 unspecified atom stereocenters. The summed E-state index contributed by atoms with van der Waals surface area (Å²) < 4.78 is 32.7. The summed E-state index contributed by atoms with van der Waals surface area (Å²) in [5, 5.41) is 3.19. The molecular formula is C14H22N2O3S. The van der Waals surface area contributed by atoms with E-state index in [2.05, 4.69) is 10.0 Å². The molecule has 1 aromatic carbocycles. The molecule has 1 aromatic rings. The summed E-state index contributed by atoms with van der Waals surface area (Å²) in [4.78, 5) is 0.290. The van der Waals surface area contributed by atoms with Crippen LogP contribution in [-0.4, -0.2) is 33.7 Å². The van der Waals surface area contributed by atoms with Gasteiger partial charge in [0.25, 0.3) is 0 Å². The number of hydrogen-bond acceptors (Lipinski definition) is 4. The summed E-state index contributed by atoms with van der Waals surface area (Å²) in [5.74, 6) is 0. The third-order valence-corrected chi connectivity index (χ3v) is 4.72. The van der Waals surface area contributed by atoms with E-state index in [9.17, 15) is 8.42 Å². The van der Waals surface area contributed by atoms with Crippen molar-refractivity contribution in [2.24, 2.45) is 0 Å². The summed E-state index contributed by atoms with van der Waals surface area (Å²) in [6.45, 7) is 7.28. The second kappa shape index (κ2) is 5.71. The fourth-order valence-electron chi connectivity index (χ4n) is 2.23. The number of rotatable bonds is 6. The smallest absolute Gasteiger partial charge is 0.240 e. The molecule has 5 nitrogen and oxygen atoms in total. The molecule has 0 saturated carbocycles. The number of ether oxygens (including phenoxy) is 1. The van der Waals surface area contributed by atoms with Crippen LogP contribution in [-0.2, 0) is 21.2 Å². The molecule has 0 spiro atoms. The Balaban J connectivity index is 2.11. The van der Waals surface area contributed by atoms with Crippen molar-refractivity contribution in [1.82, 2.24) is 4.72 Å². The molecule has 0 saturated heterocycles. The minimum absolute atomic E-state index is 0.244. The number of benzene rings is 1. The van der Waals surface area contributed by atoms with Gasteiger partial charge in [-0.2, -0.15) is 0 Å². The Hall–Kier alpha value is -1.11. The molecule has 1 aliphatic heterocycles. The largest absolute Gasteiger partial charge is 0.384 e. The van der Waals surface area contributed by atoms with Crippen LogP contribution in [0.15, 0.2) is 23.1 Å². The lowest BCUT2D eigenvalue weighted by molar-refractivity contribution is -0.00514. The highest BCUT2D eigenvalue weighted by molar-refractivity contribution is 7.89. The van der Waals surface area contributed by atoms with E-state index < -0.39 is 15.6 Å². The molecule has 0 aromatic heterocycles. The fourth-order valence-corrected chi connectivity index (χ4v) is 3.46. The van der Waals surface area contributed by atoms with Crippen LogP contribution in [0.2, 0.25) is 0 Å². The zero-order valence-corrected chi connectivity index (χ0v) is 13.0. The van der Waals surface area contributed by atoms with Crippen LogP contribution in [0, 0.1) is 0 Å². The number of sulfonamides is 1. The molecule has 112 valence electrons. The van der Waals surface area contributed by atoms with Gasteiger partial charge in [-0.25, -0.2) is 13.1 Å². The Morgan fingerprint density at radius 1 is 1.40 bits per heavy atom. The quantitative estimate of drug-likeness (QED) is 0.839. The highest BCUT2D eigenvalue weighted by Crippen LogP contribution is 2.25. The van der Waals surface area contributed by atoms with Gasteiger partial charge in [0.2, 0.25) is 10.0 Å². The van der Waals surface area contributed by atoms with Crippen LogP contribution in [0.1, 0.15) is 26.3 Å². The predicted molar refractivity (Wildman–Crippen MR) is 79.5 cm³/mol. The van der Waals surface area contributed by atoms with Crippen molar-refractivity contribution in [3.05, 3.63) is 23.8 Å². The van der Waals surface area contributed by atoms with Gasteiger partial charge in [-0.15, -0.1) is 0 Å². The highest BCUT2D eigenvalue weighted by Gasteiger charge is 2.23. The van der Waals surface area contributed by atoms with Crippen molar-refractivity contribution in [3.8, 4) is 0 Å². The number of fused-ring (bicyclic) bond motifs is 1. The second-order valence-electron chi connectivity index (χ2n) is 5.51. The van der Waals surface area contributed by atoms with E-state index in [0.717, 1.165) is 18.7 Å². The molecule has 6 heteroatoms. The lowest BCUT2D eigenvalue weighted by atomic mass is 10.1. The molecule has 0 bridgehead atoms. The number of nitrogens with one attached hydrogen (secondary N) is 2. The van der Waals surface area contributed by atoms with Gasteiger partial charge in [0.05, 0.1) is 10.5 Å². The first-order valence-corrected chi connectivity index (χ1v) is 8.33. The lowest BCUT2D eigenvalue weighted by Gasteiger charge is -2.24.